The number of anilines is 1. The SMILES string of the molecule is CN=C(NCCc1ccc(NC(C)=O)cc1)NCc1sccc1C.I. The van der Waals surface area contributed by atoms with Crippen molar-refractivity contribution in [3.05, 3.63) is 51.7 Å². The van der Waals surface area contributed by atoms with Crippen molar-refractivity contribution < 1.29 is 4.79 Å². The summed E-state index contributed by atoms with van der Waals surface area (Å²) < 4.78 is 0. The van der Waals surface area contributed by atoms with Gasteiger partial charge in [0.2, 0.25) is 5.91 Å². The summed E-state index contributed by atoms with van der Waals surface area (Å²) in [4.78, 5) is 16.6. The molecule has 0 bridgehead atoms. The molecule has 0 spiro atoms. The van der Waals surface area contributed by atoms with Crippen molar-refractivity contribution in [3.63, 3.8) is 0 Å². The van der Waals surface area contributed by atoms with Gasteiger partial charge in [-0.15, -0.1) is 35.3 Å². The number of guanidine groups is 1. The van der Waals surface area contributed by atoms with Gasteiger partial charge in [0.25, 0.3) is 0 Å². The van der Waals surface area contributed by atoms with Gasteiger partial charge in [-0.25, -0.2) is 0 Å². The summed E-state index contributed by atoms with van der Waals surface area (Å²) >= 11 is 1.75. The Hall–Kier alpha value is -1.61. The number of carbonyl (C=O) groups excluding carboxylic acids is 1. The van der Waals surface area contributed by atoms with Crippen molar-refractivity contribution in [1.29, 1.82) is 0 Å². The average Bonchev–Trinajstić information content (AvgIpc) is 2.97. The quantitative estimate of drug-likeness (QED) is 0.343. The molecule has 1 aromatic carbocycles. The van der Waals surface area contributed by atoms with E-state index in [-0.39, 0.29) is 29.9 Å². The lowest BCUT2D eigenvalue weighted by atomic mass is 10.1. The van der Waals surface area contributed by atoms with Crippen LogP contribution in [0.4, 0.5) is 5.69 Å². The van der Waals surface area contributed by atoms with Crippen LogP contribution in [0, 0.1) is 6.92 Å². The van der Waals surface area contributed by atoms with Crippen LogP contribution in [0.1, 0.15) is 22.9 Å². The highest BCUT2D eigenvalue weighted by molar-refractivity contribution is 14.0. The van der Waals surface area contributed by atoms with E-state index in [2.05, 4.69) is 39.3 Å². The molecular formula is C18H25IN4OS. The van der Waals surface area contributed by atoms with E-state index in [1.54, 1.807) is 18.4 Å². The Balaban J connectivity index is 0.00000312. The molecule has 136 valence electrons. The average molecular weight is 472 g/mol. The van der Waals surface area contributed by atoms with Crippen LogP contribution in [0.25, 0.3) is 0 Å². The molecule has 0 atom stereocenters. The summed E-state index contributed by atoms with van der Waals surface area (Å²) in [5.41, 5.74) is 3.34. The molecule has 0 unspecified atom stereocenters. The maximum Gasteiger partial charge on any atom is 0.221 e. The zero-order valence-corrected chi connectivity index (χ0v) is 17.9. The number of benzene rings is 1. The van der Waals surface area contributed by atoms with Crippen molar-refractivity contribution in [2.45, 2.75) is 26.8 Å². The highest BCUT2D eigenvalue weighted by Crippen LogP contribution is 2.14. The maximum absolute atomic E-state index is 11.0. The van der Waals surface area contributed by atoms with Crippen LogP contribution in [0.3, 0.4) is 0 Å². The van der Waals surface area contributed by atoms with Crippen molar-refractivity contribution in [2.24, 2.45) is 4.99 Å². The first-order valence-corrected chi connectivity index (χ1v) is 8.80. The van der Waals surface area contributed by atoms with Crippen LogP contribution in [0.15, 0.2) is 40.7 Å². The van der Waals surface area contributed by atoms with Crippen LogP contribution < -0.4 is 16.0 Å². The van der Waals surface area contributed by atoms with Crippen molar-refractivity contribution >= 4 is 52.9 Å². The number of nitrogens with zero attached hydrogens (tertiary/aromatic N) is 1. The van der Waals surface area contributed by atoms with Gasteiger partial charge in [0.1, 0.15) is 0 Å². The molecule has 5 nitrogen and oxygen atoms in total. The Labute approximate surface area is 170 Å². The number of hydrogen-bond donors (Lipinski definition) is 3. The van der Waals surface area contributed by atoms with Crippen LogP contribution >= 0.6 is 35.3 Å². The lowest BCUT2D eigenvalue weighted by Crippen LogP contribution is -2.37. The summed E-state index contributed by atoms with van der Waals surface area (Å²) in [5.74, 6) is 0.748. The van der Waals surface area contributed by atoms with Gasteiger partial charge in [0, 0.05) is 31.1 Å². The Morgan fingerprint density at radius 1 is 1.16 bits per heavy atom. The van der Waals surface area contributed by atoms with Gasteiger partial charge in [0.15, 0.2) is 5.96 Å². The molecule has 1 heterocycles. The normalized spacial score (nSPS) is 10.8. The molecule has 2 rings (SSSR count). The summed E-state index contributed by atoms with van der Waals surface area (Å²) in [5, 5.41) is 11.5. The van der Waals surface area contributed by atoms with E-state index in [1.165, 1.54) is 22.9 Å². The Morgan fingerprint density at radius 3 is 2.44 bits per heavy atom. The fourth-order valence-electron chi connectivity index (χ4n) is 2.25. The first kappa shape index (κ1) is 21.4. The lowest BCUT2D eigenvalue weighted by molar-refractivity contribution is -0.114. The molecule has 7 heteroatoms. The lowest BCUT2D eigenvalue weighted by Gasteiger charge is -2.12. The van der Waals surface area contributed by atoms with Crippen LogP contribution in [0.5, 0.6) is 0 Å². The maximum atomic E-state index is 11.0. The second kappa shape index (κ2) is 11.1. The summed E-state index contributed by atoms with van der Waals surface area (Å²) in [7, 11) is 1.78. The number of halogens is 1. The van der Waals surface area contributed by atoms with Crippen LogP contribution in [0.2, 0.25) is 0 Å². The van der Waals surface area contributed by atoms with Crippen LogP contribution in [-0.2, 0) is 17.8 Å². The van der Waals surface area contributed by atoms with E-state index in [9.17, 15) is 4.79 Å². The number of thiophene rings is 1. The highest BCUT2D eigenvalue weighted by Gasteiger charge is 2.02. The summed E-state index contributed by atoms with van der Waals surface area (Å²) in [6.45, 7) is 5.21. The molecule has 3 N–H and O–H groups in total. The zero-order valence-electron chi connectivity index (χ0n) is 14.8. The van der Waals surface area contributed by atoms with E-state index in [4.69, 9.17) is 0 Å². The minimum atomic E-state index is -0.0553. The smallest absolute Gasteiger partial charge is 0.221 e. The minimum absolute atomic E-state index is 0. The van der Waals surface area contributed by atoms with E-state index >= 15 is 0 Å². The Bertz CT molecular complexity index is 697. The minimum Gasteiger partial charge on any atom is -0.356 e. The first-order chi connectivity index (χ1) is 11.6. The number of carbonyl (C=O) groups is 1. The van der Waals surface area contributed by atoms with E-state index in [1.807, 2.05) is 24.3 Å². The van der Waals surface area contributed by atoms with Gasteiger partial charge >= 0.3 is 0 Å². The van der Waals surface area contributed by atoms with Crippen LogP contribution in [-0.4, -0.2) is 25.5 Å². The van der Waals surface area contributed by atoms with Crippen molar-refractivity contribution in [2.75, 3.05) is 18.9 Å². The Morgan fingerprint density at radius 2 is 1.88 bits per heavy atom. The molecular weight excluding hydrogens is 447 g/mol. The first-order valence-electron chi connectivity index (χ1n) is 7.92. The molecule has 1 aromatic heterocycles. The summed E-state index contributed by atoms with van der Waals surface area (Å²) in [6.07, 6.45) is 0.888. The number of aryl methyl sites for hydroxylation is 1. The summed E-state index contributed by atoms with van der Waals surface area (Å²) in [6, 6.07) is 10.0. The Kier molecular flexibility index (Phi) is 9.51. The zero-order chi connectivity index (χ0) is 17.4. The number of amides is 1. The molecule has 1 amide bonds. The second-order valence-corrected chi connectivity index (χ2v) is 6.51. The molecule has 0 radical (unpaired) electrons. The topological polar surface area (TPSA) is 65.5 Å². The van der Waals surface area contributed by atoms with Gasteiger partial charge in [-0.05, 0) is 48.1 Å². The molecule has 2 aromatic rings. The number of hydrogen-bond acceptors (Lipinski definition) is 3. The molecule has 0 aliphatic heterocycles. The molecule has 25 heavy (non-hydrogen) atoms. The van der Waals surface area contributed by atoms with Gasteiger partial charge in [-0.3, -0.25) is 9.79 Å². The highest BCUT2D eigenvalue weighted by atomic mass is 127. The molecule has 0 saturated heterocycles. The predicted molar refractivity (Wildman–Crippen MR) is 117 cm³/mol. The molecule has 0 saturated carbocycles. The number of aliphatic imine (C=N–C) groups is 1. The molecule has 0 aliphatic rings. The predicted octanol–water partition coefficient (Wildman–Crippen LogP) is 3.54. The third kappa shape index (κ3) is 7.43. The molecule has 0 fully saturated rings. The fourth-order valence-corrected chi connectivity index (χ4v) is 3.10. The van der Waals surface area contributed by atoms with Gasteiger partial charge in [0.05, 0.1) is 6.54 Å². The van der Waals surface area contributed by atoms with Gasteiger partial charge < -0.3 is 16.0 Å². The third-order valence-electron chi connectivity index (χ3n) is 3.59. The van der Waals surface area contributed by atoms with E-state index in [0.717, 1.165) is 31.2 Å². The third-order valence-corrected chi connectivity index (χ3v) is 4.61. The van der Waals surface area contributed by atoms with Gasteiger partial charge in [-0.2, -0.15) is 0 Å². The second-order valence-electron chi connectivity index (χ2n) is 5.51. The largest absolute Gasteiger partial charge is 0.356 e. The van der Waals surface area contributed by atoms with Gasteiger partial charge in [-0.1, -0.05) is 12.1 Å². The van der Waals surface area contributed by atoms with Crippen molar-refractivity contribution in [1.82, 2.24) is 10.6 Å². The van der Waals surface area contributed by atoms with E-state index in [0.29, 0.717) is 0 Å². The molecule has 0 aliphatic carbocycles. The standard InChI is InChI=1S/C18H24N4OS.HI/c1-13-9-11-24-17(13)12-21-18(19-3)20-10-8-15-4-6-16(7-5-15)22-14(2)23;/h4-7,9,11H,8,10,12H2,1-3H3,(H,22,23)(H2,19,20,21);1H. The van der Waals surface area contributed by atoms with Crippen molar-refractivity contribution in [3.8, 4) is 0 Å². The number of nitrogens with one attached hydrogen (secondary N) is 3. The number of rotatable bonds is 6. The van der Waals surface area contributed by atoms with E-state index < -0.39 is 0 Å². The fraction of sp³-hybridized carbons (Fsp3) is 0.333. The monoisotopic (exact) mass is 472 g/mol.